The maximum Gasteiger partial charge on any atom is 0.341 e. The van der Waals surface area contributed by atoms with Crippen LogP contribution in [-0.2, 0) is 10.3 Å². The van der Waals surface area contributed by atoms with Gasteiger partial charge in [0.15, 0.2) is 11.6 Å². The first-order chi connectivity index (χ1) is 7.81. The highest BCUT2D eigenvalue weighted by Gasteiger charge is 2.23. The summed E-state index contributed by atoms with van der Waals surface area (Å²) in [4.78, 5) is 11.5. The van der Waals surface area contributed by atoms with Crippen molar-refractivity contribution >= 4 is 5.97 Å². The van der Waals surface area contributed by atoms with Crippen LogP contribution < -0.4 is 10.5 Å². The van der Waals surface area contributed by atoms with E-state index in [-0.39, 0.29) is 11.3 Å². The van der Waals surface area contributed by atoms with Crippen molar-refractivity contribution in [2.45, 2.75) is 19.4 Å². The number of carbonyl (C=O) groups excluding carboxylic acids is 1. The van der Waals surface area contributed by atoms with Gasteiger partial charge in [-0.15, -0.1) is 0 Å². The van der Waals surface area contributed by atoms with Crippen molar-refractivity contribution in [3.8, 4) is 5.75 Å². The summed E-state index contributed by atoms with van der Waals surface area (Å²) in [5.41, 5.74) is 5.64. The molecule has 5 heteroatoms. The number of ether oxygens (including phenoxy) is 2. The van der Waals surface area contributed by atoms with Gasteiger partial charge < -0.3 is 15.2 Å². The van der Waals surface area contributed by atoms with E-state index in [4.69, 9.17) is 10.5 Å². The molecule has 0 saturated heterocycles. The molecule has 0 aliphatic carbocycles. The van der Waals surface area contributed by atoms with Gasteiger partial charge in [0, 0.05) is 5.54 Å². The van der Waals surface area contributed by atoms with Gasteiger partial charge in [-0.3, -0.25) is 0 Å². The Morgan fingerprint density at radius 3 is 2.35 bits per heavy atom. The lowest BCUT2D eigenvalue weighted by Crippen LogP contribution is -2.29. The smallest absolute Gasteiger partial charge is 0.341 e. The second-order valence-electron chi connectivity index (χ2n) is 4.25. The van der Waals surface area contributed by atoms with Crippen molar-refractivity contribution in [3.05, 3.63) is 29.1 Å². The second kappa shape index (κ2) is 4.71. The molecule has 94 valence electrons. The quantitative estimate of drug-likeness (QED) is 0.820. The van der Waals surface area contributed by atoms with Crippen molar-refractivity contribution in [3.63, 3.8) is 0 Å². The molecule has 0 spiro atoms. The molecule has 0 aliphatic heterocycles. The first-order valence-electron chi connectivity index (χ1n) is 5.06. The molecule has 2 N–H and O–H groups in total. The minimum atomic E-state index is -0.754. The lowest BCUT2D eigenvalue weighted by atomic mass is 9.93. The Kier molecular flexibility index (Phi) is 3.72. The molecule has 1 aromatic rings. The van der Waals surface area contributed by atoms with Crippen LogP contribution in [0.1, 0.15) is 29.8 Å². The molecule has 0 saturated carbocycles. The highest BCUT2D eigenvalue weighted by atomic mass is 19.1. The highest BCUT2D eigenvalue weighted by Crippen LogP contribution is 2.29. The van der Waals surface area contributed by atoms with E-state index < -0.39 is 17.3 Å². The van der Waals surface area contributed by atoms with Gasteiger partial charge in [-0.1, -0.05) is 0 Å². The molecule has 0 heterocycles. The van der Waals surface area contributed by atoms with E-state index in [1.807, 2.05) is 0 Å². The first-order valence-corrected chi connectivity index (χ1v) is 5.06. The van der Waals surface area contributed by atoms with E-state index in [1.54, 1.807) is 13.8 Å². The zero-order valence-electron chi connectivity index (χ0n) is 10.3. The maximum absolute atomic E-state index is 13.7. The zero-order chi connectivity index (χ0) is 13.2. The maximum atomic E-state index is 13.7. The summed E-state index contributed by atoms with van der Waals surface area (Å²) in [6.07, 6.45) is 0. The standard InChI is InChI=1S/C12H16FNO3/c1-12(2,14)7-5-8(11(15)17-4)10(16-3)9(13)6-7/h5-6H,14H2,1-4H3. The van der Waals surface area contributed by atoms with Gasteiger partial charge in [0.2, 0.25) is 0 Å². The number of nitrogens with two attached hydrogens (primary N) is 1. The number of esters is 1. The van der Waals surface area contributed by atoms with E-state index in [2.05, 4.69) is 4.74 Å². The third kappa shape index (κ3) is 2.74. The predicted octanol–water partition coefficient (Wildman–Crippen LogP) is 1.81. The average Bonchev–Trinajstić information content (AvgIpc) is 2.25. The Morgan fingerprint density at radius 2 is 1.94 bits per heavy atom. The van der Waals surface area contributed by atoms with Crippen LogP contribution in [0.25, 0.3) is 0 Å². The zero-order valence-corrected chi connectivity index (χ0v) is 10.3. The molecule has 0 atom stereocenters. The highest BCUT2D eigenvalue weighted by molar-refractivity contribution is 5.92. The summed E-state index contributed by atoms with van der Waals surface area (Å²) in [6, 6.07) is 2.74. The Hall–Kier alpha value is -1.62. The minimum absolute atomic E-state index is 0.0310. The van der Waals surface area contributed by atoms with Gasteiger partial charge >= 0.3 is 5.97 Å². The molecular formula is C12H16FNO3. The molecule has 0 amide bonds. The molecule has 17 heavy (non-hydrogen) atoms. The van der Waals surface area contributed by atoms with E-state index in [0.717, 1.165) is 0 Å². The fourth-order valence-electron chi connectivity index (χ4n) is 1.43. The summed E-state index contributed by atoms with van der Waals surface area (Å²) >= 11 is 0. The first kappa shape index (κ1) is 13.4. The number of halogens is 1. The molecule has 4 nitrogen and oxygen atoms in total. The molecule has 1 rings (SSSR count). The third-order valence-electron chi connectivity index (χ3n) is 2.40. The molecule has 0 aliphatic rings. The van der Waals surface area contributed by atoms with Gasteiger partial charge in [-0.05, 0) is 31.5 Å². The third-order valence-corrected chi connectivity index (χ3v) is 2.40. The van der Waals surface area contributed by atoms with Crippen molar-refractivity contribution < 1.29 is 18.7 Å². The Bertz CT molecular complexity index is 438. The number of methoxy groups -OCH3 is 2. The van der Waals surface area contributed by atoms with Crippen LogP contribution in [0.15, 0.2) is 12.1 Å². The molecule has 0 radical (unpaired) electrons. The van der Waals surface area contributed by atoms with Gasteiger partial charge in [0.05, 0.1) is 14.2 Å². The summed E-state index contributed by atoms with van der Waals surface area (Å²) in [5.74, 6) is -1.43. The molecule has 1 aromatic carbocycles. The Balaban J connectivity index is 3.44. The van der Waals surface area contributed by atoms with Gasteiger partial charge in [-0.2, -0.15) is 0 Å². The lowest BCUT2D eigenvalue weighted by Gasteiger charge is -2.21. The van der Waals surface area contributed by atoms with E-state index in [0.29, 0.717) is 5.56 Å². The number of hydrogen-bond donors (Lipinski definition) is 1. The molecule has 0 fully saturated rings. The summed E-state index contributed by atoms with van der Waals surface area (Å²) in [6.45, 7) is 3.44. The van der Waals surface area contributed by atoms with Crippen molar-refractivity contribution in [1.29, 1.82) is 0 Å². The number of carbonyl (C=O) groups is 1. The van der Waals surface area contributed by atoms with Crippen LogP contribution in [0, 0.1) is 5.82 Å². The Morgan fingerprint density at radius 1 is 1.35 bits per heavy atom. The average molecular weight is 241 g/mol. The topological polar surface area (TPSA) is 61.5 Å². The van der Waals surface area contributed by atoms with Crippen molar-refractivity contribution in [1.82, 2.24) is 0 Å². The van der Waals surface area contributed by atoms with Crippen molar-refractivity contribution in [2.24, 2.45) is 5.73 Å². The summed E-state index contributed by atoms with van der Waals surface area (Å²) < 4.78 is 23.2. The van der Waals surface area contributed by atoms with E-state index in [9.17, 15) is 9.18 Å². The fourth-order valence-corrected chi connectivity index (χ4v) is 1.43. The Labute approximate surface area is 99.5 Å². The summed E-state index contributed by atoms with van der Waals surface area (Å²) in [5, 5.41) is 0. The number of benzene rings is 1. The predicted molar refractivity (Wildman–Crippen MR) is 61.5 cm³/mol. The van der Waals surface area contributed by atoms with Crippen LogP contribution in [0.2, 0.25) is 0 Å². The molecule has 0 bridgehead atoms. The molecule has 0 unspecified atom stereocenters. The van der Waals surface area contributed by atoms with Crippen LogP contribution in [0.5, 0.6) is 5.75 Å². The molecule has 0 aromatic heterocycles. The SMILES string of the molecule is COC(=O)c1cc(C(C)(C)N)cc(F)c1OC. The lowest BCUT2D eigenvalue weighted by molar-refractivity contribution is 0.0596. The van der Waals surface area contributed by atoms with Gasteiger partial charge in [0.1, 0.15) is 5.56 Å². The second-order valence-corrected chi connectivity index (χ2v) is 4.25. The van der Waals surface area contributed by atoms with Crippen LogP contribution in [0.3, 0.4) is 0 Å². The fraction of sp³-hybridized carbons (Fsp3) is 0.417. The normalized spacial score (nSPS) is 11.2. The van der Waals surface area contributed by atoms with Crippen LogP contribution in [-0.4, -0.2) is 20.2 Å². The summed E-state index contributed by atoms with van der Waals surface area (Å²) in [7, 11) is 2.51. The van der Waals surface area contributed by atoms with Crippen LogP contribution >= 0.6 is 0 Å². The molecular weight excluding hydrogens is 225 g/mol. The van der Waals surface area contributed by atoms with Crippen molar-refractivity contribution in [2.75, 3.05) is 14.2 Å². The van der Waals surface area contributed by atoms with Crippen LogP contribution in [0.4, 0.5) is 4.39 Å². The minimum Gasteiger partial charge on any atom is -0.493 e. The number of rotatable bonds is 3. The van der Waals surface area contributed by atoms with E-state index >= 15 is 0 Å². The van der Waals surface area contributed by atoms with Gasteiger partial charge in [-0.25, -0.2) is 9.18 Å². The number of hydrogen-bond acceptors (Lipinski definition) is 4. The monoisotopic (exact) mass is 241 g/mol. The largest absolute Gasteiger partial charge is 0.493 e. The van der Waals surface area contributed by atoms with Gasteiger partial charge in [0.25, 0.3) is 0 Å². The van der Waals surface area contributed by atoms with E-state index in [1.165, 1.54) is 26.4 Å².